The molecule has 0 amide bonds. The molecule has 0 aliphatic rings. The van der Waals surface area contributed by atoms with E-state index in [4.69, 9.17) is 5.26 Å². The molecule has 0 aliphatic carbocycles. The zero-order chi connectivity index (χ0) is 12.0. The lowest BCUT2D eigenvalue weighted by atomic mass is 10.1. The smallest absolute Gasteiger partial charge is 0.0995 e. The summed E-state index contributed by atoms with van der Waals surface area (Å²) in [7, 11) is 0. The number of benzene rings is 1. The standard InChI is InChI=1S/C13H18N2O/c1-10(7-11(2)16)15-9-13-6-4-3-5-12(13)8-14/h3-6,10-11,15-16H,7,9H2,1-2H3. The van der Waals surface area contributed by atoms with Gasteiger partial charge in [-0.05, 0) is 31.9 Å². The first kappa shape index (κ1) is 12.7. The van der Waals surface area contributed by atoms with Crippen LogP contribution in [0.4, 0.5) is 0 Å². The maximum Gasteiger partial charge on any atom is 0.0995 e. The van der Waals surface area contributed by atoms with E-state index in [1.54, 1.807) is 6.92 Å². The van der Waals surface area contributed by atoms with E-state index >= 15 is 0 Å². The van der Waals surface area contributed by atoms with Crippen LogP contribution in [0.15, 0.2) is 24.3 Å². The van der Waals surface area contributed by atoms with E-state index in [1.807, 2.05) is 31.2 Å². The van der Waals surface area contributed by atoms with Gasteiger partial charge in [0, 0.05) is 12.6 Å². The summed E-state index contributed by atoms with van der Waals surface area (Å²) in [6.45, 7) is 4.47. The predicted molar refractivity (Wildman–Crippen MR) is 63.8 cm³/mol. The molecule has 0 spiro atoms. The number of hydrogen-bond donors (Lipinski definition) is 2. The van der Waals surface area contributed by atoms with E-state index in [0.29, 0.717) is 18.5 Å². The summed E-state index contributed by atoms with van der Waals surface area (Å²) >= 11 is 0. The lowest BCUT2D eigenvalue weighted by Crippen LogP contribution is -2.28. The van der Waals surface area contributed by atoms with Crippen LogP contribution in [0.25, 0.3) is 0 Å². The average Bonchev–Trinajstić information content (AvgIpc) is 2.26. The highest BCUT2D eigenvalue weighted by Crippen LogP contribution is 2.07. The summed E-state index contributed by atoms with van der Waals surface area (Å²) in [4.78, 5) is 0. The zero-order valence-corrected chi connectivity index (χ0v) is 9.77. The maximum absolute atomic E-state index is 9.23. The quantitative estimate of drug-likeness (QED) is 0.792. The van der Waals surface area contributed by atoms with Gasteiger partial charge in [0.2, 0.25) is 0 Å². The normalized spacial score (nSPS) is 14.1. The number of aliphatic hydroxyl groups excluding tert-OH is 1. The molecule has 3 heteroatoms. The number of rotatable bonds is 5. The number of nitriles is 1. The Hall–Kier alpha value is -1.37. The van der Waals surface area contributed by atoms with Crippen molar-refractivity contribution in [3.8, 4) is 6.07 Å². The molecule has 2 atom stereocenters. The Bertz CT molecular complexity index is 368. The van der Waals surface area contributed by atoms with E-state index in [1.165, 1.54) is 0 Å². The third kappa shape index (κ3) is 4.01. The van der Waals surface area contributed by atoms with Crippen molar-refractivity contribution in [1.29, 1.82) is 5.26 Å². The largest absolute Gasteiger partial charge is 0.393 e. The SMILES string of the molecule is CC(O)CC(C)NCc1ccccc1C#N. The number of nitrogens with zero attached hydrogens (tertiary/aromatic N) is 1. The summed E-state index contributed by atoms with van der Waals surface area (Å²) in [6.07, 6.45) is 0.419. The Morgan fingerprint density at radius 3 is 2.69 bits per heavy atom. The van der Waals surface area contributed by atoms with Crippen molar-refractivity contribution >= 4 is 0 Å². The van der Waals surface area contributed by atoms with Crippen molar-refractivity contribution in [2.75, 3.05) is 0 Å². The second-order valence-corrected chi connectivity index (χ2v) is 4.14. The first-order valence-corrected chi connectivity index (χ1v) is 5.53. The molecule has 16 heavy (non-hydrogen) atoms. The molecule has 2 unspecified atom stereocenters. The molecular formula is C13H18N2O. The van der Waals surface area contributed by atoms with Crippen molar-refractivity contribution in [2.24, 2.45) is 0 Å². The summed E-state index contributed by atoms with van der Waals surface area (Å²) < 4.78 is 0. The molecule has 0 aliphatic heterocycles. The van der Waals surface area contributed by atoms with Gasteiger partial charge in [-0.15, -0.1) is 0 Å². The fraction of sp³-hybridized carbons (Fsp3) is 0.462. The fourth-order valence-electron chi connectivity index (χ4n) is 1.66. The van der Waals surface area contributed by atoms with Crippen LogP contribution in [0.5, 0.6) is 0 Å². The summed E-state index contributed by atoms with van der Waals surface area (Å²) in [5.41, 5.74) is 1.71. The second-order valence-electron chi connectivity index (χ2n) is 4.14. The molecule has 0 radical (unpaired) electrons. The maximum atomic E-state index is 9.23. The van der Waals surface area contributed by atoms with Gasteiger partial charge in [0.25, 0.3) is 0 Å². The molecule has 1 rings (SSSR count). The Kier molecular flexibility index (Phi) is 4.97. The first-order chi connectivity index (χ1) is 7.63. The molecule has 0 saturated heterocycles. The van der Waals surface area contributed by atoms with E-state index in [9.17, 15) is 5.11 Å². The number of aliphatic hydroxyl groups is 1. The van der Waals surface area contributed by atoms with Gasteiger partial charge in [-0.2, -0.15) is 5.26 Å². The van der Waals surface area contributed by atoms with Crippen LogP contribution in [0, 0.1) is 11.3 Å². The molecule has 1 aromatic rings. The highest BCUT2D eigenvalue weighted by Gasteiger charge is 2.06. The molecule has 3 nitrogen and oxygen atoms in total. The van der Waals surface area contributed by atoms with Gasteiger partial charge in [0.1, 0.15) is 0 Å². The van der Waals surface area contributed by atoms with Crippen LogP contribution >= 0.6 is 0 Å². The number of nitrogens with one attached hydrogen (secondary N) is 1. The molecule has 0 saturated carbocycles. The van der Waals surface area contributed by atoms with Gasteiger partial charge < -0.3 is 10.4 Å². The third-order valence-electron chi connectivity index (χ3n) is 2.47. The number of hydrogen-bond acceptors (Lipinski definition) is 3. The molecule has 86 valence electrons. The summed E-state index contributed by atoms with van der Waals surface area (Å²) in [5, 5.41) is 21.4. The van der Waals surface area contributed by atoms with Crippen molar-refractivity contribution in [3.05, 3.63) is 35.4 Å². The van der Waals surface area contributed by atoms with Gasteiger partial charge in [0.05, 0.1) is 17.7 Å². The van der Waals surface area contributed by atoms with Crippen LogP contribution in [0.3, 0.4) is 0 Å². The molecule has 2 N–H and O–H groups in total. The topological polar surface area (TPSA) is 56.0 Å². The Balaban J connectivity index is 2.52. The van der Waals surface area contributed by atoms with Crippen molar-refractivity contribution in [3.63, 3.8) is 0 Å². The van der Waals surface area contributed by atoms with Gasteiger partial charge in [-0.3, -0.25) is 0 Å². The molecule has 1 aromatic carbocycles. The minimum Gasteiger partial charge on any atom is -0.393 e. The lowest BCUT2D eigenvalue weighted by Gasteiger charge is -2.15. The zero-order valence-electron chi connectivity index (χ0n) is 9.77. The van der Waals surface area contributed by atoms with E-state index in [2.05, 4.69) is 11.4 Å². The van der Waals surface area contributed by atoms with Crippen LogP contribution in [-0.4, -0.2) is 17.3 Å². The minimum atomic E-state index is -0.297. The predicted octanol–water partition coefficient (Wildman–Crippen LogP) is 1.81. The molecule has 0 aromatic heterocycles. The van der Waals surface area contributed by atoms with E-state index in [-0.39, 0.29) is 12.1 Å². The van der Waals surface area contributed by atoms with Crippen molar-refractivity contribution < 1.29 is 5.11 Å². The van der Waals surface area contributed by atoms with Crippen LogP contribution in [0.2, 0.25) is 0 Å². The highest BCUT2D eigenvalue weighted by molar-refractivity contribution is 5.37. The Morgan fingerprint density at radius 2 is 2.06 bits per heavy atom. The van der Waals surface area contributed by atoms with Crippen LogP contribution in [0.1, 0.15) is 31.4 Å². The summed E-state index contributed by atoms with van der Waals surface area (Å²) in [5.74, 6) is 0. The van der Waals surface area contributed by atoms with Gasteiger partial charge >= 0.3 is 0 Å². The Morgan fingerprint density at radius 1 is 1.38 bits per heavy atom. The van der Waals surface area contributed by atoms with Crippen LogP contribution in [-0.2, 0) is 6.54 Å². The van der Waals surface area contributed by atoms with Crippen molar-refractivity contribution in [2.45, 2.75) is 39.0 Å². The lowest BCUT2D eigenvalue weighted by molar-refractivity contribution is 0.170. The second kappa shape index (κ2) is 6.26. The molecule has 0 heterocycles. The van der Waals surface area contributed by atoms with Crippen molar-refractivity contribution in [1.82, 2.24) is 5.32 Å². The van der Waals surface area contributed by atoms with Crippen LogP contribution < -0.4 is 5.32 Å². The molecule has 0 fully saturated rings. The van der Waals surface area contributed by atoms with Gasteiger partial charge in [-0.1, -0.05) is 18.2 Å². The highest BCUT2D eigenvalue weighted by atomic mass is 16.3. The Labute approximate surface area is 96.7 Å². The molecular weight excluding hydrogens is 200 g/mol. The van der Waals surface area contributed by atoms with Gasteiger partial charge in [-0.25, -0.2) is 0 Å². The summed E-state index contributed by atoms with van der Waals surface area (Å²) in [6, 6.07) is 9.96. The average molecular weight is 218 g/mol. The van der Waals surface area contributed by atoms with Gasteiger partial charge in [0.15, 0.2) is 0 Å². The first-order valence-electron chi connectivity index (χ1n) is 5.53. The monoisotopic (exact) mass is 218 g/mol. The minimum absolute atomic E-state index is 0.242. The molecule has 0 bridgehead atoms. The van der Waals surface area contributed by atoms with E-state index in [0.717, 1.165) is 5.56 Å². The fourth-order valence-corrected chi connectivity index (χ4v) is 1.66. The third-order valence-corrected chi connectivity index (χ3v) is 2.47. The van der Waals surface area contributed by atoms with E-state index < -0.39 is 0 Å².